The molecule has 0 saturated carbocycles. The topological polar surface area (TPSA) is 30.2 Å². The van der Waals surface area contributed by atoms with E-state index in [1.807, 2.05) is 6.07 Å². The Labute approximate surface area is 186 Å². The Morgan fingerprint density at radius 1 is 0.531 bits per heavy atom. The first-order valence-corrected chi connectivity index (χ1v) is 10.8. The van der Waals surface area contributed by atoms with Crippen molar-refractivity contribution in [3.05, 3.63) is 115 Å². The molecule has 152 valence electrons. The Morgan fingerprint density at radius 3 is 1.88 bits per heavy atom. The number of pyridine rings is 1. The highest BCUT2D eigenvalue weighted by molar-refractivity contribution is 6.03. The number of benzene rings is 4. The number of fused-ring (bicyclic) bond motifs is 3. The van der Waals surface area contributed by atoms with Crippen LogP contribution in [0.15, 0.2) is 109 Å². The summed E-state index contributed by atoms with van der Waals surface area (Å²) in [5.41, 5.74) is 7.94. The van der Waals surface area contributed by atoms with Gasteiger partial charge in [-0.1, -0.05) is 109 Å². The van der Waals surface area contributed by atoms with Gasteiger partial charge < -0.3 is 0 Å². The van der Waals surface area contributed by atoms with Crippen molar-refractivity contribution < 1.29 is 0 Å². The zero-order valence-electron chi connectivity index (χ0n) is 17.7. The van der Waals surface area contributed by atoms with Crippen LogP contribution < -0.4 is 0 Å². The van der Waals surface area contributed by atoms with E-state index in [9.17, 15) is 0 Å². The SMILES string of the molecule is Cc1ccc(-c2nnc3c4ccccc4c(-c4ccc(-c5ccccc5)cc4)cn23)cc1. The third-order valence-corrected chi connectivity index (χ3v) is 6.02. The van der Waals surface area contributed by atoms with Crippen LogP contribution in [0.2, 0.25) is 0 Å². The Kier molecular flexibility index (Phi) is 4.32. The highest BCUT2D eigenvalue weighted by Crippen LogP contribution is 2.34. The fourth-order valence-electron chi connectivity index (χ4n) is 4.31. The molecular formula is C29H21N3. The smallest absolute Gasteiger partial charge is 0.169 e. The van der Waals surface area contributed by atoms with Crippen LogP contribution in [0, 0.1) is 6.92 Å². The quantitative estimate of drug-likeness (QED) is 0.308. The first-order valence-electron chi connectivity index (χ1n) is 10.8. The number of rotatable bonds is 3. The summed E-state index contributed by atoms with van der Waals surface area (Å²) in [5.74, 6) is 0.855. The summed E-state index contributed by atoms with van der Waals surface area (Å²) in [6.45, 7) is 2.09. The van der Waals surface area contributed by atoms with Gasteiger partial charge in [0, 0.05) is 22.7 Å². The average molecular weight is 412 g/mol. The van der Waals surface area contributed by atoms with E-state index in [0.717, 1.165) is 22.4 Å². The summed E-state index contributed by atoms with van der Waals surface area (Å²) in [6.07, 6.45) is 2.17. The van der Waals surface area contributed by atoms with Gasteiger partial charge in [0.2, 0.25) is 0 Å². The van der Waals surface area contributed by atoms with E-state index >= 15 is 0 Å². The first kappa shape index (κ1) is 18.5. The van der Waals surface area contributed by atoms with Crippen LogP contribution in [-0.2, 0) is 0 Å². The molecular weight excluding hydrogens is 390 g/mol. The molecule has 0 aliphatic rings. The minimum Gasteiger partial charge on any atom is -0.281 e. The van der Waals surface area contributed by atoms with Crippen molar-refractivity contribution in [2.45, 2.75) is 6.92 Å². The lowest BCUT2D eigenvalue weighted by atomic mass is 9.97. The van der Waals surface area contributed by atoms with Crippen LogP contribution >= 0.6 is 0 Å². The van der Waals surface area contributed by atoms with Gasteiger partial charge in [-0.15, -0.1) is 10.2 Å². The molecule has 4 aromatic carbocycles. The molecule has 0 spiro atoms. The molecule has 0 unspecified atom stereocenters. The van der Waals surface area contributed by atoms with E-state index in [4.69, 9.17) is 0 Å². The van der Waals surface area contributed by atoms with Gasteiger partial charge in [0.15, 0.2) is 11.5 Å². The Morgan fingerprint density at radius 2 is 1.12 bits per heavy atom. The lowest BCUT2D eigenvalue weighted by Gasteiger charge is -2.11. The Bertz CT molecular complexity index is 1540. The number of nitrogens with zero attached hydrogens (tertiary/aromatic N) is 3. The summed E-state index contributed by atoms with van der Waals surface area (Å²) in [5, 5.41) is 11.4. The molecule has 3 heteroatoms. The van der Waals surface area contributed by atoms with Crippen molar-refractivity contribution in [3.63, 3.8) is 0 Å². The fourth-order valence-corrected chi connectivity index (χ4v) is 4.31. The van der Waals surface area contributed by atoms with Crippen molar-refractivity contribution in [2.75, 3.05) is 0 Å². The van der Waals surface area contributed by atoms with E-state index < -0.39 is 0 Å². The maximum Gasteiger partial charge on any atom is 0.169 e. The third-order valence-electron chi connectivity index (χ3n) is 6.02. The fraction of sp³-hybridized carbons (Fsp3) is 0.0345. The van der Waals surface area contributed by atoms with Crippen LogP contribution in [0.25, 0.3) is 50.1 Å². The second-order valence-electron chi connectivity index (χ2n) is 8.11. The summed E-state index contributed by atoms with van der Waals surface area (Å²) < 4.78 is 2.12. The molecule has 3 nitrogen and oxygen atoms in total. The molecule has 0 bridgehead atoms. The zero-order valence-corrected chi connectivity index (χ0v) is 17.7. The van der Waals surface area contributed by atoms with Crippen molar-refractivity contribution >= 4 is 16.4 Å². The van der Waals surface area contributed by atoms with E-state index in [1.165, 1.54) is 33.2 Å². The molecule has 6 aromatic rings. The van der Waals surface area contributed by atoms with E-state index in [2.05, 4.69) is 125 Å². The van der Waals surface area contributed by atoms with E-state index in [1.54, 1.807) is 0 Å². The Hall–Kier alpha value is -4.24. The van der Waals surface area contributed by atoms with Gasteiger partial charge in [-0.3, -0.25) is 4.40 Å². The van der Waals surface area contributed by atoms with Gasteiger partial charge in [-0.2, -0.15) is 0 Å². The standard InChI is InChI=1S/C29H21N3/c1-20-11-13-24(14-12-20)28-30-31-29-26-10-6-5-9-25(26)27(19-32(28)29)23-17-15-22(16-18-23)21-7-3-2-4-8-21/h2-19H,1H3. The molecule has 0 radical (unpaired) electrons. The minimum atomic E-state index is 0.855. The molecule has 0 N–H and O–H groups in total. The molecule has 2 aromatic heterocycles. The lowest BCUT2D eigenvalue weighted by Crippen LogP contribution is -1.93. The van der Waals surface area contributed by atoms with Crippen molar-refractivity contribution in [1.82, 2.24) is 14.6 Å². The second kappa shape index (κ2) is 7.47. The number of aromatic nitrogens is 3. The Balaban J connectivity index is 1.55. The van der Waals surface area contributed by atoms with Crippen molar-refractivity contribution in [3.8, 4) is 33.6 Å². The summed E-state index contributed by atoms with van der Waals surface area (Å²) >= 11 is 0. The molecule has 32 heavy (non-hydrogen) atoms. The highest BCUT2D eigenvalue weighted by Gasteiger charge is 2.15. The average Bonchev–Trinajstić information content (AvgIpc) is 3.29. The maximum absolute atomic E-state index is 4.55. The largest absolute Gasteiger partial charge is 0.281 e. The predicted molar refractivity (Wildman–Crippen MR) is 132 cm³/mol. The van der Waals surface area contributed by atoms with Gasteiger partial charge in [-0.25, -0.2) is 0 Å². The number of hydrogen-bond acceptors (Lipinski definition) is 2. The summed E-state index contributed by atoms with van der Waals surface area (Å²) in [6, 6.07) is 36.1. The van der Waals surface area contributed by atoms with Gasteiger partial charge in [0.1, 0.15) is 0 Å². The van der Waals surface area contributed by atoms with Gasteiger partial charge in [0.05, 0.1) is 0 Å². The van der Waals surface area contributed by atoms with Crippen LogP contribution in [-0.4, -0.2) is 14.6 Å². The minimum absolute atomic E-state index is 0.855. The molecule has 0 saturated heterocycles. The van der Waals surface area contributed by atoms with Crippen LogP contribution in [0.4, 0.5) is 0 Å². The lowest BCUT2D eigenvalue weighted by molar-refractivity contribution is 1.11. The van der Waals surface area contributed by atoms with E-state index in [-0.39, 0.29) is 0 Å². The third kappa shape index (κ3) is 3.07. The predicted octanol–water partition coefficient (Wildman–Crippen LogP) is 7.19. The first-order chi connectivity index (χ1) is 15.8. The molecule has 6 rings (SSSR count). The monoisotopic (exact) mass is 411 g/mol. The highest BCUT2D eigenvalue weighted by atomic mass is 15.2. The zero-order chi connectivity index (χ0) is 21.5. The van der Waals surface area contributed by atoms with Crippen LogP contribution in [0.5, 0.6) is 0 Å². The second-order valence-corrected chi connectivity index (χ2v) is 8.11. The van der Waals surface area contributed by atoms with Crippen LogP contribution in [0.3, 0.4) is 0 Å². The molecule has 0 aliphatic heterocycles. The van der Waals surface area contributed by atoms with Crippen molar-refractivity contribution in [1.29, 1.82) is 0 Å². The molecule has 0 fully saturated rings. The summed E-state index contributed by atoms with van der Waals surface area (Å²) in [7, 11) is 0. The molecule has 0 aliphatic carbocycles. The van der Waals surface area contributed by atoms with Crippen molar-refractivity contribution in [2.24, 2.45) is 0 Å². The van der Waals surface area contributed by atoms with Gasteiger partial charge >= 0.3 is 0 Å². The number of aryl methyl sites for hydroxylation is 1. The molecule has 0 atom stereocenters. The number of hydrogen-bond donors (Lipinski definition) is 0. The molecule has 2 heterocycles. The summed E-state index contributed by atoms with van der Waals surface area (Å²) in [4.78, 5) is 0. The normalized spacial score (nSPS) is 11.3. The maximum atomic E-state index is 4.55. The van der Waals surface area contributed by atoms with E-state index in [0.29, 0.717) is 0 Å². The van der Waals surface area contributed by atoms with Gasteiger partial charge in [-0.05, 0) is 29.0 Å². The molecule has 0 amide bonds. The van der Waals surface area contributed by atoms with Gasteiger partial charge in [0.25, 0.3) is 0 Å². The van der Waals surface area contributed by atoms with Crippen LogP contribution in [0.1, 0.15) is 5.56 Å².